The summed E-state index contributed by atoms with van der Waals surface area (Å²) in [7, 11) is 0. The Morgan fingerprint density at radius 1 is 1.17 bits per heavy atom. The van der Waals surface area contributed by atoms with E-state index < -0.39 is 6.04 Å². The molecule has 0 unspecified atom stereocenters. The van der Waals surface area contributed by atoms with Crippen molar-refractivity contribution < 1.29 is 9.59 Å². The van der Waals surface area contributed by atoms with E-state index in [0.29, 0.717) is 11.3 Å². The van der Waals surface area contributed by atoms with Crippen molar-refractivity contribution in [3.63, 3.8) is 0 Å². The number of carbonyl (C=O) groups is 2. The number of thiophene rings is 1. The fraction of sp³-hybridized carbons (Fsp3) is 0.176. The third-order valence-electron chi connectivity index (χ3n) is 3.65. The number of allylic oxidation sites excluding steroid dienone is 1. The van der Waals surface area contributed by atoms with Gasteiger partial charge in [-0.15, -0.1) is 11.3 Å². The zero-order valence-electron chi connectivity index (χ0n) is 12.8. The molecule has 1 aromatic carbocycles. The van der Waals surface area contributed by atoms with Crippen molar-refractivity contribution >= 4 is 29.0 Å². The summed E-state index contributed by atoms with van der Waals surface area (Å²) < 4.78 is 0. The number of benzene rings is 1. The summed E-state index contributed by atoms with van der Waals surface area (Å²) in [5.74, 6) is -0.225. The lowest BCUT2D eigenvalue weighted by atomic mass is 10.0. The highest BCUT2D eigenvalue weighted by Gasteiger charge is 2.31. The Labute approximate surface area is 138 Å². The summed E-state index contributed by atoms with van der Waals surface area (Å²) in [4.78, 5) is 25.4. The van der Waals surface area contributed by atoms with Crippen molar-refractivity contribution in [3.8, 4) is 0 Å². The summed E-state index contributed by atoms with van der Waals surface area (Å²) in [5.41, 5.74) is 2.94. The van der Waals surface area contributed by atoms with Gasteiger partial charge in [-0.25, -0.2) is 4.79 Å². The third-order valence-corrected chi connectivity index (χ3v) is 4.59. The standard InChI is InChI=1S/C17H17N3O2S/c1-10-5-7-12(8-6-10)19-16(21)14-11(2)18-17(22)20-15(14)13-4-3-9-23-13/h3-9,15H,1-2H3,(H,19,21)(H2,18,20,22)/t15-/m1/s1. The predicted octanol–water partition coefficient (Wildman–Crippen LogP) is 3.32. The van der Waals surface area contributed by atoms with Gasteiger partial charge in [0.2, 0.25) is 0 Å². The van der Waals surface area contributed by atoms with Gasteiger partial charge in [0.05, 0.1) is 11.6 Å². The molecule has 2 heterocycles. The van der Waals surface area contributed by atoms with E-state index in [1.165, 1.54) is 11.3 Å². The molecule has 3 rings (SSSR count). The van der Waals surface area contributed by atoms with Crippen LogP contribution in [-0.2, 0) is 4.79 Å². The molecule has 0 fully saturated rings. The minimum Gasteiger partial charge on any atom is -0.326 e. The minimum absolute atomic E-state index is 0.225. The molecule has 23 heavy (non-hydrogen) atoms. The molecule has 1 aliphatic rings. The smallest absolute Gasteiger partial charge is 0.319 e. The highest BCUT2D eigenvalue weighted by Crippen LogP contribution is 2.30. The van der Waals surface area contributed by atoms with E-state index in [1.54, 1.807) is 6.92 Å². The van der Waals surface area contributed by atoms with E-state index in [2.05, 4.69) is 16.0 Å². The van der Waals surface area contributed by atoms with E-state index in [4.69, 9.17) is 0 Å². The van der Waals surface area contributed by atoms with Gasteiger partial charge in [-0.3, -0.25) is 4.79 Å². The van der Waals surface area contributed by atoms with Gasteiger partial charge in [0.1, 0.15) is 0 Å². The topological polar surface area (TPSA) is 70.2 Å². The van der Waals surface area contributed by atoms with Crippen LogP contribution in [0, 0.1) is 6.92 Å². The van der Waals surface area contributed by atoms with Crippen LogP contribution < -0.4 is 16.0 Å². The molecule has 0 spiro atoms. The molecule has 1 aromatic heterocycles. The Kier molecular flexibility index (Phi) is 4.16. The van der Waals surface area contributed by atoms with E-state index in [9.17, 15) is 9.59 Å². The largest absolute Gasteiger partial charge is 0.326 e. The highest BCUT2D eigenvalue weighted by molar-refractivity contribution is 7.10. The first-order valence-electron chi connectivity index (χ1n) is 7.24. The quantitative estimate of drug-likeness (QED) is 0.809. The molecule has 0 aliphatic carbocycles. The van der Waals surface area contributed by atoms with Crippen molar-refractivity contribution in [1.82, 2.24) is 10.6 Å². The van der Waals surface area contributed by atoms with Gasteiger partial charge in [0, 0.05) is 16.3 Å². The molecule has 3 N–H and O–H groups in total. The number of anilines is 1. The zero-order valence-corrected chi connectivity index (χ0v) is 13.7. The van der Waals surface area contributed by atoms with E-state index in [-0.39, 0.29) is 11.9 Å². The number of hydrogen-bond donors (Lipinski definition) is 3. The SMILES string of the molecule is CC1=C(C(=O)Nc2ccc(C)cc2)[C@@H](c2cccs2)NC(=O)N1. The van der Waals surface area contributed by atoms with E-state index in [0.717, 1.165) is 16.1 Å². The second-order valence-corrected chi connectivity index (χ2v) is 6.38. The lowest BCUT2D eigenvalue weighted by molar-refractivity contribution is -0.113. The third kappa shape index (κ3) is 3.27. The normalized spacial score (nSPS) is 17.5. The minimum atomic E-state index is -0.436. The van der Waals surface area contributed by atoms with Crippen molar-refractivity contribution in [2.24, 2.45) is 0 Å². The van der Waals surface area contributed by atoms with Crippen LogP contribution in [0.2, 0.25) is 0 Å². The van der Waals surface area contributed by atoms with Crippen LogP contribution in [-0.4, -0.2) is 11.9 Å². The fourth-order valence-electron chi connectivity index (χ4n) is 2.50. The number of amides is 3. The number of rotatable bonds is 3. The second-order valence-electron chi connectivity index (χ2n) is 5.41. The average molecular weight is 327 g/mol. The molecular weight excluding hydrogens is 310 g/mol. The van der Waals surface area contributed by atoms with Crippen molar-refractivity contribution in [2.45, 2.75) is 19.9 Å². The van der Waals surface area contributed by atoms with Crippen LogP contribution in [0.15, 0.2) is 53.0 Å². The zero-order chi connectivity index (χ0) is 16.4. The van der Waals surface area contributed by atoms with Crippen molar-refractivity contribution in [1.29, 1.82) is 0 Å². The first kappa shape index (κ1) is 15.3. The fourth-order valence-corrected chi connectivity index (χ4v) is 3.28. The molecule has 0 saturated carbocycles. The molecule has 3 amide bonds. The highest BCUT2D eigenvalue weighted by atomic mass is 32.1. The predicted molar refractivity (Wildman–Crippen MR) is 91.2 cm³/mol. The molecule has 0 radical (unpaired) electrons. The molecule has 1 aliphatic heterocycles. The summed E-state index contributed by atoms with van der Waals surface area (Å²) in [6.07, 6.45) is 0. The summed E-state index contributed by atoms with van der Waals surface area (Å²) in [6, 6.07) is 10.7. The average Bonchev–Trinajstić information content (AvgIpc) is 3.03. The number of aryl methyl sites for hydroxylation is 1. The van der Waals surface area contributed by atoms with Crippen LogP contribution in [0.4, 0.5) is 10.5 Å². The summed E-state index contributed by atoms with van der Waals surface area (Å²) in [6.45, 7) is 3.73. The number of carbonyl (C=O) groups excluding carboxylic acids is 2. The maximum Gasteiger partial charge on any atom is 0.319 e. The Morgan fingerprint density at radius 3 is 2.57 bits per heavy atom. The molecule has 1 atom stereocenters. The Hall–Kier alpha value is -2.60. The van der Waals surface area contributed by atoms with Crippen LogP contribution in [0.25, 0.3) is 0 Å². The van der Waals surface area contributed by atoms with E-state index >= 15 is 0 Å². The number of urea groups is 1. The van der Waals surface area contributed by atoms with Crippen LogP contribution >= 0.6 is 11.3 Å². The van der Waals surface area contributed by atoms with Gasteiger partial charge in [-0.1, -0.05) is 23.8 Å². The number of nitrogens with one attached hydrogen (secondary N) is 3. The van der Waals surface area contributed by atoms with Gasteiger partial charge in [0.15, 0.2) is 0 Å². The van der Waals surface area contributed by atoms with Crippen LogP contribution in [0.5, 0.6) is 0 Å². The van der Waals surface area contributed by atoms with Gasteiger partial charge in [-0.05, 0) is 37.4 Å². The lowest BCUT2D eigenvalue weighted by Crippen LogP contribution is -2.45. The Balaban J connectivity index is 1.90. The van der Waals surface area contributed by atoms with Crippen molar-refractivity contribution in [3.05, 3.63) is 63.5 Å². The molecule has 118 valence electrons. The molecule has 2 aromatic rings. The first-order chi connectivity index (χ1) is 11.0. The van der Waals surface area contributed by atoms with Crippen molar-refractivity contribution in [2.75, 3.05) is 5.32 Å². The lowest BCUT2D eigenvalue weighted by Gasteiger charge is -2.27. The van der Waals surface area contributed by atoms with Gasteiger partial charge < -0.3 is 16.0 Å². The summed E-state index contributed by atoms with van der Waals surface area (Å²) >= 11 is 1.51. The molecular formula is C17H17N3O2S. The maximum atomic E-state index is 12.7. The van der Waals surface area contributed by atoms with Crippen LogP contribution in [0.1, 0.15) is 23.4 Å². The maximum absolute atomic E-state index is 12.7. The molecule has 6 heteroatoms. The first-order valence-corrected chi connectivity index (χ1v) is 8.12. The van der Waals surface area contributed by atoms with Gasteiger partial charge >= 0.3 is 6.03 Å². The van der Waals surface area contributed by atoms with Gasteiger partial charge in [0.25, 0.3) is 5.91 Å². The monoisotopic (exact) mass is 327 g/mol. The second kappa shape index (κ2) is 6.26. The Morgan fingerprint density at radius 2 is 1.91 bits per heavy atom. The van der Waals surface area contributed by atoms with Crippen LogP contribution in [0.3, 0.4) is 0 Å². The molecule has 5 nitrogen and oxygen atoms in total. The molecule has 0 saturated heterocycles. The number of hydrogen-bond acceptors (Lipinski definition) is 3. The molecule has 0 bridgehead atoms. The van der Waals surface area contributed by atoms with Gasteiger partial charge in [-0.2, -0.15) is 0 Å². The summed E-state index contributed by atoms with van der Waals surface area (Å²) in [5, 5.41) is 10.3. The van der Waals surface area contributed by atoms with E-state index in [1.807, 2.05) is 48.7 Å². The Bertz CT molecular complexity index is 764.